The molecule has 0 bridgehead atoms. The molecule has 17 heavy (non-hydrogen) atoms. The number of hydrogen-bond donors (Lipinski definition) is 2. The summed E-state index contributed by atoms with van der Waals surface area (Å²) in [5.74, 6) is 0. The summed E-state index contributed by atoms with van der Waals surface area (Å²) in [5.41, 5.74) is 1.04. The van der Waals surface area contributed by atoms with Gasteiger partial charge in [0, 0.05) is 12.4 Å². The van der Waals surface area contributed by atoms with Gasteiger partial charge in [0.15, 0.2) is 0 Å². The van der Waals surface area contributed by atoms with Gasteiger partial charge in [-0.3, -0.25) is 9.78 Å². The van der Waals surface area contributed by atoms with E-state index in [-0.39, 0.29) is 5.56 Å². The van der Waals surface area contributed by atoms with Gasteiger partial charge >= 0.3 is 7.12 Å². The number of nitrogens with zero attached hydrogens (tertiary/aromatic N) is 2. The molecule has 5 nitrogen and oxygen atoms in total. The van der Waals surface area contributed by atoms with Crippen molar-refractivity contribution in [3.63, 3.8) is 0 Å². The van der Waals surface area contributed by atoms with E-state index >= 15 is 0 Å². The zero-order valence-electron chi connectivity index (χ0n) is 9.02. The van der Waals surface area contributed by atoms with Gasteiger partial charge in [-0.15, -0.1) is 0 Å². The Morgan fingerprint density at radius 2 is 2.18 bits per heavy atom. The van der Waals surface area contributed by atoms with Gasteiger partial charge in [-0.2, -0.15) is 0 Å². The molecule has 0 fully saturated rings. The number of benzene rings is 1. The fourth-order valence-corrected chi connectivity index (χ4v) is 1.55. The molecule has 0 saturated carbocycles. The fraction of sp³-hybridized carbons (Fsp3) is 0.0909. The van der Waals surface area contributed by atoms with Crippen molar-refractivity contribution in [1.82, 2.24) is 9.55 Å². The molecule has 2 aromatic rings. The summed E-state index contributed by atoms with van der Waals surface area (Å²) in [4.78, 5) is 15.2. The lowest BCUT2D eigenvalue weighted by atomic mass is 9.79. The molecule has 0 radical (unpaired) electrons. The van der Waals surface area contributed by atoms with Crippen LogP contribution in [0.3, 0.4) is 0 Å². The molecule has 86 valence electrons. The highest BCUT2D eigenvalue weighted by atomic mass is 16.4. The SMILES string of the molecule is O=c1cnccn1Cc1cccc(B(O)O)c1. The van der Waals surface area contributed by atoms with Crippen LogP contribution in [0.2, 0.25) is 0 Å². The molecule has 0 aliphatic rings. The van der Waals surface area contributed by atoms with Crippen LogP contribution in [0.1, 0.15) is 5.56 Å². The second-order valence-electron chi connectivity index (χ2n) is 3.66. The molecule has 2 rings (SSSR count). The van der Waals surface area contributed by atoms with Gasteiger partial charge < -0.3 is 14.6 Å². The average Bonchev–Trinajstić information content (AvgIpc) is 2.32. The third kappa shape index (κ3) is 2.80. The third-order valence-electron chi connectivity index (χ3n) is 2.40. The number of hydrogen-bond acceptors (Lipinski definition) is 4. The maximum atomic E-state index is 11.4. The van der Waals surface area contributed by atoms with Crippen LogP contribution in [0.4, 0.5) is 0 Å². The van der Waals surface area contributed by atoms with Gasteiger partial charge in [0.2, 0.25) is 0 Å². The van der Waals surface area contributed by atoms with Crippen molar-refractivity contribution in [3.8, 4) is 0 Å². The van der Waals surface area contributed by atoms with E-state index < -0.39 is 7.12 Å². The summed E-state index contributed by atoms with van der Waals surface area (Å²) in [7, 11) is -1.50. The van der Waals surface area contributed by atoms with Crippen molar-refractivity contribution in [2.75, 3.05) is 0 Å². The van der Waals surface area contributed by atoms with E-state index in [0.717, 1.165) is 5.56 Å². The van der Waals surface area contributed by atoms with Gasteiger partial charge in [0.1, 0.15) is 0 Å². The lowest BCUT2D eigenvalue weighted by molar-refractivity contribution is 0.425. The molecule has 1 aromatic heterocycles. The van der Waals surface area contributed by atoms with Crippen LogP contribution in [0.5, 0.6) is 0 Å². The molecule has 2 N–H and O–H groups in total. The second kappa shape index (κ2) is 4.94. The summed E-state index contributed by atoms with van der Waals surface area (Å²) in [6.07, 6.45) is 4.36. The largest absolute Gasteiger partial charge is 0.488 e. The summed E-state index contributed by atoms with van der Waals surface area (Å²) in [6, 6.07) is 6.80. The minimum atomic E-state index is -1.50. The Morgan fingerprint density at radius 1 is 1.35 bits per heavy atom. The van der Waals surface area contributed by atoms with E-state index in [0.29, 0.717) is 12.0 Å². The van der Waals surface area contributed by atoms with E-state index in [1.54, 1.807) is 24.4 Å². The maximum Gasteiger partial charge on any atom is 0.488 e. The number of aromatic nitrogens is 2. The molecule has 0 atom stereocenters. The summed E-state index contributed by atoms with van der Waals surface area (Å²) in [6.45, 7) is 0.377. The molecule has 6 heteroatoms. The first-order valence-electron chi connectivity index (χ1n) is 5.12. The zero-order valence-corrected chi connectivity index (χ0v) is 9.02. The number of rotatable bonds is 3. The van der Waals surface area contributed by atoms with E-state index in [9.17, 15) is 4.79 Å². The van der Waals surface area contributed by atoms with Gasteiger partial charge in [0.05, 0.1) is 12.7 Å². The Kier molecular flexibility index (Phi) is 3.36. The van der Waals surface area contributed by atoms with Crippen LogP contribution in [0.15, 0.2) is 47.7 Å². The van der Waals surface area contributed by atoms with Crippen LogP contribution in [0, 0.1) is 0 Å². The van der Waals surface area contributed by atoms with Crippen molar-refractivity contribution >= 4 is 12.6 Å². The quantitative estimate of drug-likeness (QED) is 0.661. The third-order valence-corrected chi connectivity index (χ3v) is 2.40. The standard InChI is InChI=1S/C11H11BN2O3/c15-11-7-13-4-5-14(11)8-9-2-1-3-10(6-9)12(16)17/h1-7,16-17H,8H2. The fourth-order valence-electron chi connectivity index (χ4n) is 1.55. The maximum absolute atomic E-state index is 11.4. The van der Waals surface area contributed by atoms with Crippen molar-refractivity contribution in [2.24, 2.45) is 0 Å². The summed E-state index contributed by atoms with van der Waals surface area (Å²) in [5, 5.41) is 18.1. The van der Waals surface area contributed by atoms with Crippen molar-refractivity contribution < 1.29 is 10.0 Å². The van der Waals surface area contributed by atoms with Gasteiger partial charge in [0.25, 0.3) is 5.56 Å². The van der Waals surface area contributed by atoms with E-state index in [1.165, 1.54) is 17.0 Å². The van der Waals surface area contributed by atoms with E-state index in [4.69, 9.17) is 10.0 Å². The van der Waals surface area contributed by atoms with Gasteiger partial charge in [-0.05, 0) is 11.0 Å². The Hall–Kier alpha value is -1.92. The molecule has 0 spiro atoms. The van der Waals surface area contributed by atoms with Crippen LogP contribution >= 0.6 is 0 Å². The molecule has 0 amide bonds. The Morgan fingerprint density at radius 3 is 2.88 bits per heavy atom. The van der Waals surface area contributed by atoms with Crippen molar-refractivity contribution in [2.45, 2.75) is 6.54 Å². The monoisotopic (exact) mass is 230 g/mol. The van der Waals surface area contributed by atoms with Crippen LogP contribution < -0.4 is 11.0 Å². The first kappa shape index (κ1) is 11.6. The molecular formula is C11H11BN2O3. The second-order valence-corrected chi connectivity index (χ2v) is 3.66. The highest BCUT2D eigenvalue weighted by Gasteiger charge is 2.10. The summed E-state index contributed by atoms with van der Waals surface area (Å²) < 4.78 is 1.50. The van der Waals surface area contributed by atoms with Crippen molar-refractivity contribution in [3.05, 3.63) is 58.8 Å². The normalized spacial score (nSPS) is 10.2. The van der Waals surface area contributed by atoms with E-state index in [1.807, 2.05) is 6.07 Å². The highest BCUT2D eigenvalue weighted by molar-refractivity contribution is 6.58. The lowest BCUT2D eigenvalue weighted by Gasteiger charge is -2.06. The Bertz CT molecular complexity index is 568. The molecule has 0 aliphatic heterocycles. The van der Waals surface area contributed by atoms with Gasteiger partial charge in [-0.1, -0.05) is 24.3 Å². The Balaban J connectivity index is 2.28. The van der Waals surface area contributed by atoms with Crippen LogP contribution in [-0.4, -0.2) is 26.7 Å². The molecule has 1 heterocycles. The molecule has 1 aromatic carbocycles. The molecule has 0 saturated heterocycles. The predicted molar refractivity (Wildman–Crippen MR) is 63.9 cm³/mol. The zero-order chi connectivity index (χ0) is 12.3. The minimum Gasteiger partial charge on any atom is -0.423 e. The molecular weight excluding hydrogens is 219 g/mol. The lowest BCUT2D eigenvalue weighted by Crippen LogP contribution is -2.30. The van der Waals surface area contributed by atoms with Crippen LogP contribution in [-0.2, 0) is 6.54 Å². The first-order valence-corrected chi connectivity index (χ1v) is 5.12. The first-order chi connectivity index (χ1) is 8.16. The molecule has 0 unspecified atom stereocenters. The van der Waals surface area contributed by atoms with E-state index in [2.05, 4.69) is 4.98 Å². The topological polar surface area (TPSA) is 75.4 Å². The average molecular weight is 230 g/mol. The minimum absolute atomic E-state index is 0.192. The smallest absolute Gasteiger partial charge is 0.423 e. The summed E-state index contributed by atoms with van der Waals surface area (Å²) >= 11 is 0. The van der Waals surface area contributed by atoms with Gasteiger partial charge in [-0.25, -0.2) is 0 Å². The molecule has 0 aliphatic carbocycles. The Labute approximate surface area is 98.1 Å². The predicted octanol–water partition coefficient (Wildman–Crippen LogP) is -1.03. The van der Waals surface area contributed by atoms with Crippen molar-refractivity contribution in [1.29, 1.82) is 0 Å². The highest BCUT2D eigenvalue weighted by Crippen LogP contribution is 1.99. The van der Waals surface area contributed by atoms with Crippen LogP contribution in [0.25, 0.3) is 0 Å².